The van der Waals surface area contributed by atoms with Crippen LogP contribution in [-0.2, 0) is 0 Å². The van der Waals surface area contributed by atoms with E-state index in [-0.39, 0.29) is 0 Å². The maximum Gasteiger partial charge on any atom is 0.161 e. The average molecular weight is 665 g/mol. The number of aromatic nitrogens is 1. The second-order valence-electron chi connectivity index (χ2n) is 13.2. The van der Waals surface area contributed by atoms with Crippen molar-refractivity contribution in [1.82, 2.24) is 4.98 Å². The van der Waals surface area contributed by atoms with Gasteiger partial charge in [0.15, 0.2) is 5.58 Å². The molecule has 0 fully saturated rings. The Labute approximate surface area is 301 Å². The number of hydrogen-bond acceptors (Lipinski definition) is 3. The van der Waals surface area contributed by atoms with Gasteiger partial charge in [-0.05, 0) is 86.6 Å². The SMILES string of the molecule is c1ccc(-c2ccc(-c3cccc(N(c4cccc(-c5cccc6ccccc56)c4)c4ccc5oc6c7ccccc7cnc6c5c4)c3)cc2)cc1. The first-order valence-electron chi connectivity index (χ1n) is 17.6. The van der Waals surface area contributed by atoms with E-state index >= 15 is 0 Å². The predicted octanol–water partition coefficient (Wildman–Crippen LogP) is 13.8. The van der Waals surface area contributed by atoms with Gasteiger partial charge in [-0.3, -0.25) is 4.98 Å². The average Bonchev–Trinajstić information content (AvgIpc) is 3.60. The molecule has 0 amide bonds. The topological polar surface area (TPSA) is 29.3 Å². The molecule has 0 aliphatic carbocycles. The van der Waals surface area contributed by atoms with Crippen LogP contribution in [0.25, 0.3) is 77.0 Å². The monoisotopic (exact) mass is 664 g/mol. The Balaban J connectivity index is 1.14. The first kappa shape index (κ1) is 29.9. The second-order valence-corrected chi connectivity index (χ2v) is 13.2. The molecule has 10 aromatic rings. The van der Waals surface area contributed by atoms with Crippen LogP contribution in [0.15, 0.2) is 199 Å². The number of rotatable bonds is 6. The zero-order chi connectivity index (χ0) is 34.4. The van der Waals surface area contributed by atoms with E-state index < -0.39 is 0 Å². The molecule has 2 aromatic heterocycles. The number of nitrogens with zero attached hydrogens (tertiary/aromatic N) is 2. The minimum Gasteiger partial charge on any atom is -0.454 e. The molecule has 0 atom stereocenters. The van der Waals surface area contributed by atoms with E-state index in [1.807, 2.05) is 18.3 Å². The summed E-state index contributed by atoms with van der Waals surface area (Å²) in [7, 11) is 0. The molecule has 3 heteroatoms. The van der Waals surface area contributed by atoms with Crippen molar-refractivity contribution in [3.63, 3.8) is 0 Å². The van der Waals surface area contributed by atoms with Crippen LogP contribution >= 0.6 is 0 Å². The molecule has 0 spiro atoms. The summed E-state index contributed by atoms with van der Waals surface area (Å²) in [6.45, 7) is 0. The third kappa shape index (κ3) is 5.19. The second kappa shape index (κ2) is 12.4. The van der Waals surface area contributed by atoms with Crippen LogP contribution in [0.3, 0.4) is 0 Å². The van der Waals surface area contributed by atoms with E-state index in [0.29, 0.717) is 0 Å². The number of fused-ring (bicyclic) bond motifs is 6. The number of hydrogen-bond donors (Lipinski definition) is 0. The Hall–Kier alpha value is -6.97. The normalized spacial score (nSPS) is 11.5. The predicted molar refractivity (Wildman–Crippen MR) is 218 cm³/mol. The molecule has 0 bridgehead atoms. The molecule has 3 nitrogen and oxygen atoms in total. The molecule has 52 heavy (non-hydrogen) atoms. The lowest BCUT2D eigenvalue weighted by molar-refractivity contribution is 0.672. The van der Waals surface area contributed by atoms with E-state index in [0.717, 1.165) is 61.0 Å². The van der Waals surface area contributed by atoms with E-state index in [4.69, 9.17) is 9.40 Å². The van der Waals surface area contributed by atoms with E-state index in [9.17, 15) is 0 Å². The zero-order valence-electron chi connectivity index (χ0n) is 28.3. The minimum absolute atomic E-state index is 0.815. The Bertz CT molecular complexity index is 2900. The van der Waals surface area contributed by atoms with Gasteiger partial charge in [-0.2, -0.15) is 0 Å². The molecular formula is C49H32N2O. The van der Waals surface area contributed by atoms with Gasteiger partial charge in [-0.15, -0.1) is 0 Å². The van der Waals surface area contributed by atoms with Gasteiger partial charge in [-0.1, -0.05) is 146 Å². The Morgan fingerprint density at radius 3 is 1.77 bits per heavy atom. The van der Waals surface area contributed by atoms with Gasteiger partial charge in [0.1, 0.15) is 11.1 Å². The molecule has 0 aliphatic heterocycles. The van der Waals surface area contributed by atoms with Crippen molar-refractivity contribution in [3.8, 4) is 33.4 Å². The number of benzene rings is 8. The molecule has 0 saturated heterocycles. The molecule has 244 valence electrons. The lowest BCUT2D eigenvalue weighted by atomic mass is 9.97. The van der Waals surface area contributed by atoms with Crippen LogP contribution < -0.4 is 4.90 Å². The minimum atomic E-state index is 0.815. The van der Waals surface area contributed by atoms with Crippen LogP contribution in [0.2, 0.25) is 0 Å². The van der Waals surface area contributed by atoms with Crippen molar-refractivity contribution in [2.45, 2.75) is 0 Å². The summed E-state index contributed by atoms with van der Waals surface area (Å²) < 4.78 is 6.47. The highest BCUT2D eigenvalue weighted by molar-refractivity contribution is 6.13. The summed E-state index contributed by atoms with van der Waals surface area (Å²) in [4.78, 5) is 7.24. The van der Waals surface area contributed by atoms with E-state index in [2.05, 4.69) is 181 Å². The third-order valence-corrected chi connectivity index (χ3v) is 10.1. The summed E-state index contributed by atoms with van der Waals surface area (Å²) in [5.41, 5.74) is 12.7. The molecular weight excluding hydrogens is 633 g/mol. The fraction of sp³-hybridized carbons (Fsp3) is 0. The molecule has 0 unspecified atom stereocenters. The molecule has 2 heterocycles. The lowest BCUT2D eigenvalue weighted by Gasteiger charge is -2.26. The largest absolute Gasteiger partial charge is 0.454 e. The smallest absolute Gasteiger partial charge is 0.161 e. The van der Waals surface area contributed by atoms with Crippen molar-refractivity contribution < 1.29 is 4.42 Å². The first-order valence-corrected chi connectivity index (χ1v) is 17.6. The number of furan rings is 1. The van der Waals surface area contributed by atoms with Gasteiger partial charge in [0.05, 0.1) is 0 Å². The molecule has 10 rings (SSSR count). The fourth-order valence-corrected chi connectivity index (χ4v) is 7.52. The van der Waals surface area contributed by atoms with Crippen molar-refractivity contribution in [3.05, 3.63) is 194 Å². The standard InChI is InChI=1S/C49H32N2O/c1-2-11-33(12-3-1)34-23-25-35(26-24-34)37-16-8-18-40(29-37)51(41-19-9-17-38(30-41)44-22-10-15-36-13-4-6-20-43(36)44)42-27-28-47-46(31-42)48-49(52-47)45-21-7-5-14-39(45)32-50-48/h1-32H. The van der Waals surface area contributed by atoms with Gasteiger partial charge in [0.2, 0.25) is 0 Å². The van der Waals surface area contributed by atoms with Crippen LogP contribution in [0.5, 0.6) is 0 Å². The van der Waals surface area contributed by atoms with Crippen LogP contribution in [0, 0.1) is 0 Å². The van der Waals surface area contributed by atoms with Gasteiger partial charge >= 0.3 is 0 Å². The van der Waals surface area contributed by atoms with Crippen LogP contribution in [0.1, 0.15) is 0 Å². The van der Waals surface area contributed by atoms with Crippen LogP contribution in [0.4, 0.5) is 17.1 Å². The highest BCUT2D eigenvalue weighted by atomic mass is 16.3. The van der Waals surface area contributed by atoms with E-state index in [1.54, 1.807) is 0 Å². The van der Waals surface area contributed by atoms with Crippen molar-refractivity contribution in [2.75, 3.05) is 4.90 Å². The molecule has 0 N–H and O–H groups in total. The lowest BCUT2D eigenvalue weighted by Crippen LogP contribution is -2.10. The molecule has 0 radical (unpaired) electrons. The maximum absolute atomic E-state index is 6.47. The van der Waals surface area contributed by atoms with Gasteiger partial charge in [0, 0.05) is 39.4 Å². The molecule has 0 saturated carbocycles. The Morgan fingerprint density at radius 1 is 0.385 bits per heavy atom. The van der Waals surface area contributed by atoms with Gasteiger partial charge in [-0.25, -0.2) is 0 Å². The molecule has 8 aromatic carbocycles. The highest BCUT2D eigenvalue weighted by Crippen LogP contribution is 2.42. The Kier molecular flexibility index (Phi) is 7.14. The zero-order valence-corrected chi connectivity index (χ0v) is 28.3. The van der Waals surface area contributed by atoms with Gasteiger partial charge in [0.25, 0.3) is 0 Å². The van der Waals surface area contributed by atoms with Crippen molar-refractivity contribution >= 4 is 60.7 Å². The summed E-state index contributed by atoms with van der Waals surface area (Å²) in [6, 6.07) is 66.9. The fourth-order valence-electron chi connectivity index (χ4n) is 7.52. The van der Waals surface area contributed by atoms with Gasteiger partial charge < -0.3 is 9.32 Å². The van der Waals surface area contributed by atoms with E-state index in [1.165, 1.54) is 33.0 Å². The summed E-state index contributed by atoms with van der Waals surface area (Å²) in [5, 5.41) is 5.58. The summed E-state index contributed by atoms with van der Waals surface area (Å²) in [5.74, 6) is 0. The first-order chi connectivity index (χ1) is 25.8. The number of pyridine rings is 1. The molecule has 0 aliphatic rings. The third-order valence-electron chi connectivity index (χ3n) is 10.1. The maximum atomic E-state index is 6.47. The number of anilines is 3. The Morgan fingerprint density at radius 2 is 0.962 bits per heavy atom. The van der Waals surface area contributed by atoms with Crippen molar-refractivity contribution in [1.29, 1.82) is 0 Å². The van der Waals surface area contributed by atoms with Crippen LogP contribution in [-0.4, -0.2) is 4.98 Å². The van der Waals surface area contributed by atoms with Crippen molar-refractivity contribution in [2.24, 2.45) is 0 Å². The highest BCUT2D eigenvalue weighted by Gasteiger charge is 2.19. The summed E-state index contributed by atoms with van der Waals surface area (Å²) >= 11 is 0. The quantitative estimate of drug-likeness (QED) is 0.177. The summed E-state index contributed by atoms with van der Waals surface area (Å²) in [6.07, 6.45) is 1.94.